The minimum atomic E-state index is -1.01. The van der Waals surface area contributed by atoms with Crippen molar-refractivity contribution in [3.05, 3.63) is 86.8 Å². The highest BCUT2D eigenvalue weighted by Crippen LogP contribution is 2.44. The zero-order chi connectivity index (χ0) is 23.2. The molecule has 4 rings (SSSR count). The van der Waals surface area contributed by atoms with E-state index >= 15 is 0 Å². The van der Waals surface area contributed by atoms with E-state index in [0.29, 0.717) is 33.0 Å². The predicted molar refractivity (Wildman–Crippen MR) is 122 cm³/mol. The van der Waals surface area contributed by atoms with Crippen LogP contribution in [0, 0.1) is 13.8 Å². The topological polar surface area (TPSA) is 80.0 Å². The van der Waals surface area contributed by atoms with Gasteiger partial charge in [-0.05, 0) is 61.9 Å². The molecule has 2 aromatic carbocycles. The molecule has 0 bridgehead atoms. The molecule has 1 aromatic heterocycles. The first-order valence-electron chi connectivity index (χ1n) is 9.70. The number of ketones is 1. The summed E-state index contributed by atoms with van der Waals surface area (Å²) in [4.78, 5) is 27.6. The van der Waals surface area contributed by atoms with Crippen LogP contribution in [0.1, 0.15) is 28.7 Å². The molecule has 0 saturated carbocycles. The average Bonchev–Trinajstić information content (AvgIpc) is 3.30. The number of halogens is 2. The van der Waals surface area contributed by atoms with Gasteiger partial charge in [-0.25, -0.2) is 0 Å². The van der Waals surface area contributed by atoms with Gasteiger partial charge in [0.15, 0.2) is 0 Å². The smallest absolute Gasteiger partial charge is 0.300 e. The van der Waals surface area contributed by atoms with Crippen molar-refractivity contribution < 1.29 is 23.8 Å². The quantitative estimate of drug-likeness (QED) is 0.293. The van der Waals surface area contributed by atoms with E-state index in [9.17, 15) is 14.7 Å². The van der Waals surface area contributed by atoms with E-state index < -0.39 is 23.5 Å². The number of Topliss-reactive ketones (excluding diaryl/α,β-unsaturated/α-hetero) is 1. The lowest BCUT2D eigenvalue weighted by molar-refractivity contribution is -0.132. The molecule has 1 amide bonds. The number of hydrogen-bond acceptors (Lipinski definition) is 5. The summed E-state index contributed by atoms with van der Waals surface area (Å²) >= 11 is 12.4. The molecule has 1 saturated heterocycles. The molecule has 164 valence electrons. The van der Waals surface area contributed by atoms with Crippen LogP contribution in [0.5, 0.6) is 5.75 Å². The summed E-state index contributed by atoms with van der Waals surface area (Å²) in [6, 6.07) is 12.1. The molecule has 6 nitrogen and oxygen atoms in total. The number of aliphatic hydroxyl groups excluding tert-OH is 1. The van der Waals surface area contributed by atoms with E-state index in [1.165, 1.54) is 18.1 Å². The van der Waals surface area contributed by atoms with Gasteiger partial charge < -0.3 is 14.3 Å². The maximum Gasteiger partial charge on any atom is 0.300 e. The Morgan fingerprint density at radius 3 is 2.44 bits per heavy atom. The van der Waals surface area contributed by atoms with Gasteiger partial charge in [-0.15, -0.1) is 0 Å². The van der Waals surface area contributed by atoms with Gasteiger partial charge in [-0.1, -0.05) is 29.3 Å². The standard InChI is InChI=1S/C24H19Cl2NO5/c1-12-4-7-15(11-17(12)26)27-21(19-8-5-13(2)32-19)20(23(29)24(27)30)22(28)16-10-14(25)6-9-18(16)31-3/h4-11,21,28H,1-3H3/b22-20-. The van der Waals surface area contributed by atoms with Gasteiger partial charge in [0, 0.05) is 15.7 Å². The fourth-order valence-corrected chi connectivity index (χ4v) is 4.06. The second kappa shape index (κ2) is 8.37. The first kappa shape index (κ1) is 22.0. The number of ether oxygens (including phenoxy) is 1. The van der Waals surface area contributed by atoms with E-state index in [0.717, 1.165) is 5.56 Å². The Morgan fingerprint density at radius 1 is 1.06 bits per heavy atom. The monoisotopic (exact) mass is 471 g/mol. The van der Waals surface area contributed by atoms with Gasteiger partial charge in [0.1, 0.15) is 29.1 Å². The lowest BCUT2D eigenvalue weighted by Gasteiger charge is -2.24. The van der Waals surface area contributed by atoms with Crippen molar-refractivity contribution in [2.24, 2.45) is 0 Å². The number of benzene rings is 2. The van der Waals surface area contributed by atoms with Crippen molar-refractivity contribution >= 4 is 46.3 Å². The average molecular weight is 472 g/mol. The molecular weight excluding hydrogens is 453 g/mol. The van der Waals surface area contributed by atoms with Crippen molar-refractivity contribution in [1.82, 2.24) is 0 Å². The highest BCUT2D eigenvalue weighted by molar-refractivity contribution is 6.51. The van der Waals surface area contributed by atoms with Crippen molar-refractivity contribution in [2.75, 3.05) is 12.0 Å². The lowest BCUT2D eigenvalue weighted by Crippen LogP contribution is -2.29. The number of carbonyl (C=O) groups excluding carboxylic acids is 2. The number of hydrogen-bond donors (Lipinski definition) is 1. The van der Waals surface area contributed by atoms with Crippen molar-refractivity contribution in [2.45, 2.75) is 19.9 Å². The maximum atomic E-state index is 13.2. The normalized spacial score (nSPS) is 17.8. The molecule has 3 aromatic rings. The van der Waals surface area contributed by atoms with Crippen molar-refractivity contribution in [1.29, 1.82) is 0 Å². The summed E-state index contributed by atoms with van der Waals surface area (Å²) in [5, 5.41) is 12.0. The largest absolute Gasteiger partial charge is 0.507 e. The third kappa shape index (κ3) is 3.66. The highest BCUT2D eigenvalue weighted by atomic mass is 35.5. The zero-order valence-electron chi connectivity index (χ0n) is 17.5. The number of methoxy groups -OCH3 is 1. The number of rotatable bonds is 4. The van der Waals surface area contributed by atoms with Crippen LogP contribution in [0.3, 0.4) is 0 Å². The second-order valence-electron chi connectivity index (χ2n) is 7.40. The predicted octanol–water partition coefficient (Wildman–Crippen LogP) is 5.84. The van der Waals surface area contributed by atoms with Gasteiger partial charge in [0.2, 0.25) is 0 Å². The molecule has 32 heavy (non-hydrogen) atoms. The fraction of sp³-hybridized carbons (Fsp3) is 0.167. The van der Waals surface area contributed by atoms with Gasteiger partial charge in [-0.3, -0.25) is 14.5 Å². The van der Waals surface area contributed by atoms with E-state index in [-0.39, 0.29) is 11.1 Å². The SMILES string of the molecule is COc1ccc(Cl)cc1/C(O)=C1/C(=O)C(=O)N(c2ccc(C)c(Cl)c2)C1c1ccc(C)o1. The molecule has 0 radical (unpaired) electrons. The number of amides is 1. The van der Waals surface area contributed by atoms with Gasteiger partial charge in [0.25, 0.3) is 11.7 Å². The number of furan rings is 1. The zero-order valence-corrected chi connectivity index (χ0v) is 19.0. The van der Waals surface area contributed by atoms with Crippen LogP contribution in [0.25, 0.3) is 5.76 Å². The Labute approximate surface area is 194 Å². The molecule has 1 aliphatic rings. The Morgan fingerprint density at radius 2 is 1.81 bits per heavy atom. The summed E-state index contributed by atoms with van der Waals surface area (Å²) < 4.78 is 11.1. The lowest BCUT2D eigenvalue weighted by atomic mass is 9.98. The summed E-state index contributed by atoms with van der Waals surface area (Å²) in [6.07, 6.45) is 0. The van der Waals surface area contributed by atoms with Crippen LogP contribution in [0.2, 0.25) is 10.0 Å². The summed E-state index contributed by atoms with van der Waals surface area (Å²) in [5.41, 5.74) is 1.27. The molecular formula is C24H19Cl2NO5. The fourth-order valence-electron chi connectivity index (χ4n) is 3.71. The molecule has 1 atom stereocenters. The molecule has 1 fully saturated rings. The first-order valence-corrected chi connectivity index (χ1v) is 10.5. The number of aryl methyl sites for hydroxylation is 2. The van der Waals surface area contributed by atoms with Gasteiger partial charge in [-0.2, -0.15) is 0 Å². The van der Waals surface area contributed by atoms with Crippen molar-refractivity contribution in [3.63, 3.8) is 0 Å². The molecule has 1 unspecified atom stereocenters. The highest BCUT2D eigenvalue weighted by Gasteiger charge is 2.48. The minimum absolute atomic E-state index is 0.137. The number of anilines is 1. The Bertz CT molecular complexity index is 1280. The molecule has 0 aliphatic carbocycles. The molecule has 8 heteroatoms. The summed E-state index contributed by atoms with van der Waals surface area (Å²) in [6.45, 7) is 3.58. The van der Waals surface area contributed by atoms with Crippen LogP contribution in [-0.2, 0) is 9.59 Å². The van der Waals surface area contributed by atoms with Crippen LogP contribution in [0.4, 0.5) is 5.69 Å². The minimum Gasteiger partial charge on any atom is -0.507 e. The third-order valence-electron chi connectivity index (χ3n) is 5.33. The van der Waals surface area contributed by atoms with Crippen LogP contribution in [-0.4, -0.2) is 23.9 Å². The Hall–Kier alpha value is -3.22. The third-order valence-corrected chi connectivity index (χ3v) is 5.97. The Balaban J connectivity index is 1.98. The van der Waals surface area contributed by atoms with E-state index in [1.807, 2.05) is 6.92 Å². The van der Waals surface area contributed by atoms with Gasteiger partial charge >= 0.3 is 0 Å². The summed E-state index contributed by atoms with van der Waals surface area (Å²) in [7, 11) is 1.43. The van der Waals surface area contributed by atoms with E-state index in [4.69, 9.17) is 32.4 Å². The van der Waals surface area contributed by atoms with E-state index in [1.54, 1.807) is 49.4 Å². The van der Waals surface area contributed by atoms with Gasteiger partial charge in [0.05, 0.1) is 18.2 Å². The van der Waals surface area contributed by atoms with Crippen molar-refractivity contribution in [3.8, 4) is 5.75 Å². The Kier molecular flexibility index (Phi) is 5.75. The number of aliphatic hydroxyl groups is 1. The molecule has 1 aliphatic heterocycles. The summed E-state index contributed by atoms with van der Waals surface area (Å²) in [5.74, 6) is -0.881. The van der Waals surface area contributed by atoms with Crippen LogP contribution in [0.15, 0.2) is 58.5 Å². The van der Waals surface area contributed by atoms with Crippen LogP contribution < -0.4 is 9.64 Å². The molecule has 0 spiro atoms. The van der Waals surface area contributed by atoms with Crippen LogP contribution >= 0.6 is 23.2 Å². The molecule has 1 N–H and O–H groups in total. The molecule has 2 heterocycles. The number of nitrogens with zero attached hydrogens (tertiary/aromatic N) is 1. The van der Waals surface area contributed by atoms with E-state index in [2.05, 4.69) is 0 Å². The first-order chi connectivity index (χ1) is 15.2. The number of carbonyl (C=O) groups is 2. The second-order valence-corrected chi connectivity index (χ2v) is 8.24. The maximum absolute atomic E-state index is 13.2.